The van der Waals surface area contributed by atoms with Crippen LogP contribution in [0.15, 0.2) is 36.7 Å². The molecule has 0 saturated heterocycles. The van der Waals surface area contributed by atoms with Gasteiger partial charge in [0.15, 0.2) is 0 Å². The highest BCUT2D eigenvalue weighted by Crippen LogP contribution is 2.20. The maximum absolute atomic E-state index is 5.83. The van der Waals surface area contributed by atoms with E-state index in [1.54, 1.807) is 12.4 Å². The molecule has 0 aliphatic carbocycles. The van der Waals surface area contributed by atoms with E-state index in [1.165, 1.54) is 0 Å². The molecule has 0 aliphatic heterocycles. The van der Waals surface area contributed by atoms with Crippen LogP contribution in [-0.4, -0.2) is 41.1 Å². The van der Waals surface area contributed by atoms with Crippen LogP contribution in [0.2, 0.25) is 5.02 Å². The van der Waals surface area contributed by atoms with Crippen molar-refractivity contribution in [3.05, 3.63) is 41.7 Å². The molecular formula is C16H21ClN4O. The number of halogens is 1. The van der Waals surface area contributed by atoms with Gasteiger partial charge in [-0.25, -0.2) is 9.97 Å². The lowest BCUT2D eigenvalue weighted by Gasteiger charge is -2.32. The Kier molecular flexibility index (Phi) is 5.21. The molecule has 0 amide bonds. The number of likely N-dealkylation sites (N-methyl/N-ethyl adjacent to an activating group) is 1. The van der Waals surface area contributed by atoms with Gasteiger partial charge < -0.3 is 15.0 Å². The van der Waals surface area contributed by atoms with Crippen LogP contribution in [0.3, 0.4) is 0 Å². The van der Waals surface area contributed by atoms with Crippen molar-refractivity contribution in [1.82, 2.24) is 14.9 Å². The zero-order valence-electron chi connectivity index (χ0n) is 13.3. The number of nitrogens with zero attached hydrogens (tertiary/aromatic N) is 3. The molecule has 0 saturated carbocycles. The van der Waals surface area contributed by atoms with E-state index >= 15 is 0 Å². The van der Waals surface area contributed by atoms with Crippen molar-refractivity contribution < 1.29 is 4.74 Å². The van der Waals surface area contributed by atoms with Gasteiger partial charge in [-0.15, -0.1) is 0 Å². The van der Waals surface area contributed by atoms with Crippen molar-refractivity contribution in [1.29, 1.82) is 0 Å². The Morgan fingerprint density at radius 2 is 1.73 bits per heavy atom. The van der Waals surface area contributed by atoms with Crippen LogP contribution in [0.25, 0.3) is 0 Å². The van der Waals surface area contributed by atoms with E-state index in [9.17, 15) is 0 Å². The summed E-state index contributed by atoms with van der Waals surface area (Å²) in [5.74, 6) is 1.34. The highest BCUT2D eigenvalue weighted by Gasteiger charge is 2.21. The largest absolute Gasteiger partial charge is 0.492 e. The monoisotopic (exact) mass is 320 g/mol. The average molecular weight is 321 g/mol. The molecule has 0 atom stereocenters. The number of anilines is 2. The minimum Gasteiger partial charge on any atom is -0.492 e. The molecule has 1 aromatic carbocycles. The van der Waals surface area contributed by atoms with Crippen molar-refractivity contribution in [2.75, 3.05) is 26.0 Å². The molecule has 0 spiro atoms. The first-order chi connectivity index (χ1) is 10.4. The van der Waals surface area contributed by atoms with Gasteiger partial charge >= 0.3 is 0 Å². The molecule has 22 heavy (non-hydrogen) atoms. The normalized spacial score (nSPS) is 11.5. The Balaban J connectivity index is 1.94. The zero-order chi connectivity index (χ0) is 16.2. The molecule has 2 rings (SSSR count). The second-order valence-corrected chi connectivity index (χ2v) is 6.31. The third-order valence-corrected chi connectivity index (χ3v) is 3.73. The van der Waals surface area contributed by atoms with Crippen LogP contribution >= 0.6 is 11.6 Å². The van der Waals surface area contributed by atoms with Gasteiger partial charge in [-0.2, -0.15) is 0 Å². The standard InChI is InChI=1S/C16H21ClN4O/c1-16(2,21(3)4)11-22-14-7-5-13(6-8-14)20-15-18-9-12(17)10-19-15/h5-10H,11H2,1-4H3,(H,18,19,20). The van der Waals surface area contributed by atoms with E-state index in [4.69, 9.17) is 16.3 Å². The molecule has 0 radical (unpaired) electrons. The Morgan fingerprint density at radius 3 is 2.27 bits per heavy atom. The van der Waals surface area contributed by atoms with Crippen LogP contribution in [0.1, 0.15) is 13.8 Å². The third-order valence-electron chi connectivity index (χ3n) is 3.53. The maximum atomic E-state index is 5.83. The van der Waals surface area contributed by atoms with Crippen molar-refractivity contribution in [2.45, 2.75) is 19.4 Å². The van der Waals surface area contributed by atoms with Gasteiger partial charge in [-0.05, 0) is 52.2 Å². The molecular weight excluding hydrogens is 300 g/mol. The number of hydrogen-bond donors (Lipinski definition) is 1. The van der Waals surface area contributed by atoms with Gasteiger partial charge in [-0.3, -0.25) is 0 Å². The molecule has 0 bridgehead atoms. The van der Waals surface area contributed by atoms with Gasteiger partial charge in [0.2, 0.25) is 5.95 Å². The van der Waals surface area contributed by atoms with Crippen LogP contribution in [0.5, 0.6) is 5.75 Å². The van der Waals surface area contributed by atoms with Gasteiger partial charge in [0.05, 0.1) is 17.4 Å². The zero-order valence-corrected chi connectivity index (χ0v) is 14.1. The fourth-order valence-electron chi connectivity index (χ4n) is 1.53. The second kappa shape index (κ2) is 6.94. The number of rotatable bonds is 6. The van der Waals surface area contributed by atoms with E-state index in [0.29, 0.717) is 17.6 Å². The Hall–Kier alpha value is -1.85. The predicted molar refractivity (Wildman–Crippen MR) is 90.0 cm³/mol. The predicted octanol–water partition coefficient (Wildman–Crippen LogP) is 3.59. The summed E-state index contributed by atoms with van der Waals surface area (Å²) in [7, 11) is 4.09. The van der Waals surface area contributed by atoms with E-state index in [-0.39, 0.29) is 5.54 Å². The molecule has 0 aliphatic rings. The summed E-state index contributed by atoms with van der Waals surface area (Å²) in [4.78, 5) is 10.3. The van der Waals surface area contributed by atoms with Crippen molar-refractivity contribution >= 4 is 23.2 Å². The Labute approximate surface area is 136 Å². The average Bonchev–Trinajstić information content (AvgIpc) is 2.49. The van der Waals surface area contributed by atoms with E-state index in [2.05, 4.69) is 34.0 Å². The fraction of sp³-hybridized carbons (Fsp3) is 0.375. The third kappa shape index (κ3) is 4.58. The lowest BCUT2D eigenvalue weighted by molar-refractivity contribution is 0.114. The summed E-state index contributed by atoms with van der Waals surface area (Å²) in [6.07, 6.45) is 3.11. The SMILES string of the molecule is CN(C)C(C)(C)COc1ccc(Nc2ncc(Cl)cn2)cc1. The van der Waals surface area contributed by atoms with E-state index in [0.717, 1.165) is 11.4 Å². The fourth-order valence-corrected chi connectivity index (χ4v) is 1.63. The van der Waals surface area contributed by atoms with Crippen molar-refractivity contribution in [3.63, 3.8) is 0 Å². The van der Waals surface area contributed by atoms with E-state index < -0.39 is 0 Å². The topological polar surface area (TPSA) is 50.3 Å². The minimum absolute atomic E-state index is 0.0198. The van der Waals surface area contributed by atoms with Gasteiger partial charge in [-0.1, -0.05) is 11.6 Å². The van der Waals surface area contributed by atoms with Crippen LogP contribution < -0.4 is 10.1 Å². The summed E-state index contributed by atoms with van der Waals surface area (Å²) in [6.45, 7) is 4.90. The lowest BCUT2D eigenvalue weighted by atomic mass is 10.1. The van der Waals surface area contributed by atoms with Crippen LogP contribution in [-0.2, 0) is 0 Å². The second-order valence-electron chi connectivity index (χ2n) is 5.87. The molecule has 0 unspecified atom stereocenters. The van der Waals surface area contributed by atoms with Crippen molar-refractivity contribution in [3.8, 4) is 5.75 Å². The molecule has 118 valence electrons. The summed E-state index contributed by atoms with van der Waals surface area (Å²) in [6, 6.07) is 7.69. The quantitative estimate of drug-likeness (QED) is 0.881. The number of nitrogens with one attached hydrogen (secondary N) is 1. The van der Waals surface area contributed by atoms with Crippen molar-refractivity contribution in [2.24, 2.45) is 0 Å². The molecule has 1 heterocycles. The first-order valence-electron chi connectivity index (χ1n) is 7.02. The summed E-state index contributed by atoms with van der Waals surface area (Å²) in [5.41, 5.74) is 0.871. The maximum Gasteiger partial charge on any atom is 0.227 e. The van der Waals surface area contributed by atoms with Gasteiger partial charge in [0, 0.05) is 11.2 Å². The smallest absolute Gasteiger partial charge is 0.227 e. The first-order valence-corrected chi connectivity index (χ1v) is 7.39. The van der Waals surface area contributed by atoms with Gasteiger partial charge in [0.1, 0.15) is 12.4 Å². The molecule has 2 aromatic rings. The Bertz CT molecular complexity index is 597. The minimum atomic E-state index is -0.0198. The van der Waals surface area contributed by atoms with E-state index in [1.807, 2.05) is 38.4 Å². The number of hydrogen-bond acceptors (Lipinski definition) is 5. The number of aromatic nitrogens is 2. The lowest BCUT2D eigenvalue weighted by Crippen LogP contribution is -2.43. The Morgan fingerprint density at radius 1 is 1.14 bits per heavy atom. The number of ether oxygens (including phenoxy) is 1. The molecule has 1 N–H and O–H groups in total. The first kappa shape index (κ1) is 16.5. The summed E-state index contributed by atoms with van der Waals surface area (Å²) in [5, 5.41) is 3.62. The molecule has 5 nitrogen and oxygen atoms in total. The highest BCUT2D eigenvalue weighted by molar-refractivity contribution is 6.30. The number of benzene rings is 1. The molecule has 1 aromatic heterocycles. The summed E-state index contributed by atoms with van der Waals surface area (Å²) < 4.78 is 5.83. The molecule has 0 fully saturated rings. The highest BCUT2D eigenvalue weighted by atomic mass is 35.5. The van der Waals surface area contributed by atoms with Crippen LogP contribution in [0, 0.1) is 0 Å². The van der Waals surface area contributed by atoms with Gasteiger partial charge in [0.25, 0.3) is 0 Å². The molecule has 6 heteroatoms. The summed E-state index contributed by atoms with van der Waals surface area (Å²) >= 11 is 5.76. The van der Waals surface area contributed by atoms with Crippen LogP contribution in [0.4, 0.5) is 11.6 Å².